The van der Waals surface area contributed by atoms with Gasteiger partial charge in [0.15, 0.2) is 5.16 Å². The van der Waals surface area contributed by atoms with Crippen LogP contribution in [0.2, 0.25) is 0 Å². The predicted octanol–water partition coefficient (Wildman–Crippen LogP) is 1.41. The second kappa shape index (κ2) is 9.76. The number of nitrogens with zero attached hydrogens (tertiary/aromatic N) is 2. The van der Waals surface area contributed by atoms with Crippen LogP contribution >= 0.6 is 11.8 Å². The zero-order valence-corrected chi connectivity index (χ0v) is 21.5. The lowest BCUT2D eigenvalue weighted by Gasteiger charge is -2.27. The largest absolute Gasteiger partial charge is 0.428 e. The van der Waals surface area contributed by atoms with E-state index in [1.54, 1.807) is 41.5 Å². The van der Waals surface area contributed by atoms with Crippen molar-refractivity contribution < 1.29 is 38.1 Å². The van der Waals surface area contributed by atoms with Crippen LogP contribution in [0.25, 0.3) is 0 Å². The Balaban J connectivity index is 1.65. The van der Waals surface area contributed by atoms with E-state index in [-0.39, 0.29) is 17.6 Å². The van der Waals surface area contributed by atoms with Crippen LogP contribution in [0, 0.1) is 28.6 Å². The van der Waals surface area contributed by atoms with Gasteiger partial charge in [-0.05, 0) is 53.9 Å². The maximum absolute atomic E-state index is 13.0. The number of carbonyl (C=O) groups is 4. The molecule has 0 bridgehead atoms. The van der Waals surface area contributed by atoms with Crippen molar-refractivity contribution in [1.29, 1.82) is 0 Å². The van der Waals surface area contributed by atoms with Crippen molar-refractivity contribution in [1.82, 2.24) is 15.2 Å². The highest BCUT2D eigenvalue weighted by molar-refractivity contribution is 7.99. The van der Waals surface area contributed by atoms with E-state index in [4.69, 9.17) is 24.7 Å². The third kappa shape index (κ3) is 5.95. The molecule has 2 fully saturated rings. The summed E-state index contributed by atoms with van der Waals surface area (Å²) in [5.41, 5.74) is 3.51. The van der Waals surface area contributed by atoms with Crippen molar-refractivity contribution in [3.05, 3.63) is 6.33 Å². The van der Waals surface area contributed by atoms with Gasteiger partial charge in [-0.2, -0.15) is 5.10 Å². The van der Waals surface area contributed by atoms with Gasteiger partial charge in [-0.3, -0.25) is 19.5 Å². The normalized spacial score (nSPS) is 27.5. The van der Waals surface area contributed by atoms with Gasteiger partial charge in [0.25, 0.3) is 0 Å². The molecule has 0 aliphatic heterocycles. The van der Waals surface area contributed by atoms with Gasteiger partial charge in [0.05, 0.1) is 16.7 Å². The first-order valence-corrected chi connectivity index (χ1v) is 12.0. The topological polar surface area (TPSA) is 173 Å². The van der Waals surface area contributed by atoms with Gasteiger partial charge < -0.3 is 24.7 Å². The van der Waals surface area contributed by atoms with E-state index in [0.717, 1.165) is 0 Å². The molecular weight excluding hydrogens is 480 g/mol. The lowest BCUT2D eigenvalue weighted by atomic mass is 9.91. The second-order valence-electron chi connectivity index (χ2n) is 10.8. The molecule has 5 unspecified atom stereocenters. The number of hydrogen-bond donors (Lipinski definition) is 2. The van der Waals surface area contributed by atoms with Crippen LogP contribution in [0.5, 0.6) is 0 Å². The Morgan fingerprint density at radius 2 is 1.60 bits per heavy atom. The highest BCUT2D eigenvalue weighted by Gasteiger charge is 2.74. The van der Waals surface area contributed by atoms with Crippen molar-refractivity contribution in [2.75, 3.05) is 13.6 Å². The number of aromatic nitrogens is 3. The lowest BCUT2D eigenvalue weighted by Crippen LogP contribution is -2.52. The molecule has 3 N–H and O–H groups in total. The van der Waals surface area contributed by atoms with Crippen molar-refractivity contribution >= 4 is 35.6 Å². The van der Waals surface area contributed by atoms with E-state index in [1.807, 2.05) is 0 Å². The van der Waals surface area contributed by atoms with Crippen LogP contribution < -0.4 is 5.73 Å². The molecule has 1 heterocycles. The quantitative estimate of drug-likeness (QED) is 0.379. The van der Waals surface area contributed by atoms with Crippen molar-refractivity contribution in [3.8, 4) is 0 Å². The summed E-state index contributed by atoms with van der Waals surface area (Å²) in [6.07, 6.45) is 1.56. The molecule has 2 aliphatic carbocycles. The first-order valence-electron chi connectivity index (χ1n) is 11.2. The summed E-state index contributed by atoms with van der Waals surface area (Å²) in [6, 6.07) is 0. The molecule has 12 nitrogen and oxygen atoms in total. The Hall–Kier alpha value is -2.67. The molecule has 5 atom stereocenters. The smallest absolute Gasteiger partial charge is 0.329 e. The third-order valence-electron chi connectivity index (χ3n) is 5.94. The van der Waals surface area contributed by atoms with Crippen LogP contribution in [0.1, 0.15) is 48.0 Å². The van der Waals surface area contributed by atoms with E-state index < -0.39 is 65.7 Å². The molecule has 3 rings (SSSR count). The van der Waals surface area contributed by atoms with Crippen molar-refractivity contribution in [2.24, 2.45) is 34.3 Å². The van der Waals surface area contributed by atoms with E-state index in [9.17, 15) is 19.2 Å². The Morgan fingerprint density at radius 3 is 2.11 bits per heavy atom. The summed E-state index contributed by atoms with van der Waals surface area (Å²) in [6.45, 7) is 8.95. The minimum Gasteiger partial charge on any atom is -0.428 e. The summed E-state index contributed by atoms with van der Waals surface area (Å²) in [4.78, 5) is 53.7. The fourth-order valence-corrected chi connectivity index (χ4v) is 5.40. The van der Waals surface area contributed by atoms with Crippen LogP contribution in [-0.2, 0) is 38.1 Å². The Bertz CT molecular complexity index is 971. The van der Waals surface area contributed by atoms with Gasteiger partial charge in [-0.1, -0.05) is 11.8 Å². The molecule has 13 heteroatoms. The van der Waals surface area contributed by atoms with Crippen molar-refractivity contribution in [2.45, 2.75) is 63.9 Å². The molecule has 1 aromatic heterocycles. The van der Waals surface area contributed by atoms with E-state index in [1.165, 1.54) is 18.1 Å². The van der Waals surface area contributed by atoms with Crippen LogP contribution in [0.4, 0.5) is 0 Å². The van der Waals surface area contributed by atoms with Gasteiger partial charge in [-0.25, -0.2) is 9.78 Å². The number of ether oxygens (including phenoxy) is 4. The Kier molecular flexibility index (Phi) is 7.51. The Morgan fingerprint density at radius 1 is 1.03 bits per heavy atom. The number of thioether (sulfide) groups is 1. The summed E-state index contributed by atoms with van der Waals surface area (Å²) in [5, 5.41) is 6.82. The number of esters is 4. The zero-order valence-electron chi connectivity index (χ0n) is 20.7. The third-order valence-corrected chi connectivity index (χ3v) is 7.15. The van der Waals surface area contributed by atoms with Gasteiger partial charge in [0.1, 0.15) is 11.9 Å². The van der Waals surface area contributed by atoms with E-state index >= 15 is 0 Å². The first kappa shape index (κ1) is 26.9. The fraction of sp³-hybridized carbons (Fsp3) is 0.727. The molecule has 2 aliphatic rings. The van der Waals surface area contributed by atoms with Crippen LogP contribution in [-0.4, -0.2) is 63.4 Å². The van der Waals surface area contributed by atoms with E-state index in [2.05, 4.69) is 15.2 Å². The van der Waals surface area contributed by atoms with Crippen molar-refractivity contribution in [3.63, 3.8) is 0 Å². The molecule has 1 aromatic rings. The second-order valence-corrected chi connectivity index (χ2v) is 12.0. The molecule has 194 valence electrons. The molecule has 35 heavy (non-hydrogen) atoms. The van der Waals surface area contributed by atoms with Gasteiger partial charge in [-0.15, -0.1) is 0 Å². The van der Waals surface area contributed by atoms with Gasteiger partial charge in [0.2, 0.25) is 13.6 Å². The van der Waals surface area contributed by atoms with E-state index in [0.29, 0.717) is 5.16 Å². The molecule has 2 saturated carbocycles. The summed E-state index contributed by atoms with van der Waals surface area (Å²) in [5.74, 6) is -3.97. The minimum absolute atomic E-state index is 0.211. The number of carbonyl (C=O) groups excluding carboxylic acids is 4. The maximum Gasteiger partial charge on any atom is 0.329 e. The summed E-state index contributed by atoms with van der Waals surface area (Å²) in [7, 11) is 0. The molecule has 0 aromatic carbocycles. The monoisotopic (exact) mass is 512 g/mol. The molecule has 0 spiro atoms. The fourth-order valence-electron chi connectivity index (χ4n) is 4.04. The highest BCUT2D eigenvalue weighted by atomic mass is 32.2. The lowest BCUT2D eigenvalue weighted by molar-refractivity contribution is -0.176. The predicted molar refractivity (Wildman–Crippen MR) is 121 cm³/mol. The average Bonchev–Trinajstić information content (AvgIpc) is 3.17. The minimum atomic E-state index is -1.50. The number of aromatic amines is 1. The Labute approximate surface area is 207 Å². The molecule has 0 amide bonds. The highest BCUT2D eigenvalue weighted by Crippen LogP contribution is 2.65. The van der Waals surface area contributed by atoms with Gasteiger partial charge >= 0.3 is 23.9 Å². The maximum atomic E-state index is 13.0. The number of hydrogen-bond acceptors (Lipinski definition) is 12. The summed E-state index contributed by atoms with van der Waals surface area (Å²) >= 11 is 1.32. The first-order chi connectivity index (χ1) is 16.2. The summed E-state index contributed by atoms with van der Waals surface area (Å²) < 4.78 is 20.4. The van der Waals surface area contributed by atoms with Gasteiger partial charge in [0, 0.05) is 11.2 Å². The average molecular weight is 513 g/mol. The zero-order chi connectivity index (χ0) is 26.2. The van der Waals surface area contributed by atoms with Crippen LogP contribution in [0.15, 0.2) is 11.5 Å². The standard InChI is InChI=1S/C22H32N4O8S/c1-20(2,3)16(28)32-9-31-15(27)13-12-11(35-19-24-8-25-26-19)7-22(23,14(12)13)18(30)34-10-33-17(29)21(4,5)6/h8,11-14H,7,9-10,23H2,1-6H3,(H,24,25,26). The van der Waals surface area contributed by atoms with Crippen LogP contribution in [0.3, 0.4) is 0 Å². The number of nitrogens with two attached hydrogens (primary N) is 1. The molecule has 0 radical (unpaired) electrons. The SMILES string of the molecule is CC(C)(C)C(=O)OCOC(=O)C1C2C(Sc3ncn[nH]3)CC(N)(C(=O)OCOC(=O)C(C)(C)C)C12. The molecule has 0 saturated heterocycles. The number of H-pyrrole nitrogens is 1. The number of rotatable bonds is 8. The number of nitrogens with one attached hydrogen (secondary N) is 1. The molecular formula is C22H32N4O8S. The number of fused-ring (bicyclic) bond motifs is 1.